The van der Waals surface area contributed by atoms with E-state index in [1.54, 1.807) is 12.1 Å². The van der Waals surface area contributed by atoms with Crippen molar-refractivity contribution in [1.29, 1.82) is 0 Å². The second-order valence-electron chi connectivity index (χ2n) is 5.44. The van der Waals surface area contributed by atoms with Crippen LogP contribution in [0.3, 0.4) is 0 Å². The molecule has 1 saturated carbocycles. The molecule has 112 valence electrons. The minimum atomic E-state index is -2.79. The summed E-state index contributed by atoms with van der Waals surface area (Å²) < 4.78 is 28.6. The van der Waals surface area contributed by atoms with Gasteiger partial charge in [0, 0.05) is 18.6 Å². The zero-order valence-corrected chi connectivity index (χ0v) is 11.9. The average Bonchev–Trinajstić information content (AvgIpc) is 3.24. The van der Waals surface area contributed by atoms with Gasteiger partial charge in [-0.05, 0) is 50.4 Å². The monoisotopic (exact) mass is 284 g/mol. The van der Waals surface area contributed by atoms with Crippen molar-refractivity contribution in [3.8, 4) is 5.75 Å². The third-order valence-electron chi connectivity index (χ3n) is 4.15. The molecule has 0 bridgehead atoms. The number of hydrogen-bond donors (Lipinski definition) is 1. The molecule has 1 fully saturated rings. The van der Waals surface area contributed by atoms with Gasteiger partial charge in [-0.15, -0.1) is 0 Å². The lowest BCUT2D eigenvalue weighted by atomic mass is 10.0. The molecule has 1 aromatic carbocycles. The molecule has 0 aromatic heterocycles. The topological polar surface area (TPSA) is 38.5 Å². The van der Waals surface area contributed by atoms with Crippen LogP contribution < -0.4 is 10.5 Å². The van der Waals surface area contributed by atoms with Crippen LogP contribution in [-0.2, 0) is 0 Å². The molecule has 2 atom stereocenters. The second-order valence-corrected chi connectivity index (χ2v) is 5.44. The van der Waals surface area contributed by atoms with E-state index in [0.29, 0.717) is 12.6 Å². The highest BCUT2D eigenvalue weighted by Gasteiger charge is 2.33. The minimum absolute atomic E-state index is 0.103. The summed E-state index contributed by atoms with van der Waals surface area (Å²) in [4.78, 5) is 2.28. The van der Waals surface area contributed by atoms with Crippen LogP contribution >= 0.6 is 0 Å². The number of hydrogen-bond acceptors (Lipinski definition) is 3. The predicted octanol–water partition coefficient (Wildman–Crippen LogP) is 3.02. The molecule has 2 N–H and O–H groups in total. The van der Waals surface area contributed by atoms with Gasteiger partial charge in [0.1, 0.15) is 5.75 Å². The number of nitrogens with two attached hydrogens (primary N) is 1. The summed E-state index contributed by atoms with van der Waals surface area (Å²) in [7, 11) is 2.07. The van der Waals surface area contributed by atoms with Crippen molar-refractivity contribution in [2.45, 2.75) is 38.5 Å². The van der Waals surface area contributed by atoms with Crippen LogP contribution in [0, 0.1) is 5.92 Å². The molecule has 2 rings (SSSR count). The number of likely N-dealkylation sites (N-methyl/N-ethyl adjacent to an activating group) is 1. The lowest BCUT2D eigenvalue weighted by Gasteiger charge is -2.33. The van der Waals surface area contributed by atoms with E-state index in [0.717, 1.165) is 11.5 Å². The largest absolute Gasteiger partial charge is 0.435 e. The van der Waals surface area contributed by atoms with Crippen LogP contribution in [-0.4, -0.2) is 31.1 Å². The predicted molar refractivity (Wildman–Crippen MR) is 74.8 cm³/mol. The first-order valence-corrected chi connectivity index (χ1v) is 6.99. The molecule has 0 heterocycles. The molecule has 0 radical (unpaired) electrons. The molecule has 0 spiro atoms. The molecule has 1 aliphatic rings. The van der Waals surface area contributed by atoms with Gasteiger partial charge in [-0.3, -0.25) is 4.90 Å². The molecule has 3 nitrogen and oxygen atoms in total. The smallest absolute Gasteiger partial charge is 0.387 e. The van der Waals surface area contributed by atoms with Crippen LogP contribution in [0.4, 0.5) is 8.78 Å². The Kier molecular flexibility index (Phi) is 4.94. The Morgan fingerprint density at radius 1 is 1.30 bits per heavy atom. The van der Waals surface area contributed by atoms with Gasteiger partial charge in [-0.2, -0.15) is 8.78 Å². The van der Waals surface area contributed by atoms with E-state index in [2.05, 4.69) is 23.6 Å². The van der Waals surface area contributed by atoms with Gasteiger partial charge in [-0.1, -0.05) is 12.1 Å². The van der Waals surface area contributed by atoms with Crippen LogP contribution in [0.2, 0.25) is 0 Å². The van der Waals surface area contributed by atoms with E-state index >= 15 is 0 Å². The van der Waals surface area contributed by atoms with Gasteiger partial charge in [0.25, 0.3) is 0 Å². The van der Waals surface area contributed by atoms with E-state index in [1.807, 2.05) is 12.1 Å². The van der Waals surface area contributed by atoms with Gasteiger partial charge in [0.2, 0.25) is 0 Å². The quantitative estimate of drug-likeness (QED) is 0.836. The van der Waals surface area contributed by atoms with Crippen molar-refractivity contribution in [3.63, 3.8) is 0 Å². The highest BCUT2D eigenvalue weighted by atomic mass is 19.3. The van der Waals surface area contributed by atoms with Crippen LogP contribution in [0.15, 0.2) is 24.3 Å². The van der Waals surface area contributed by atoms with E-state index in [9.17, 15) is 8.78 Å². The van der Waals surface area contributed by atoms with Crippen molar-refractivity contribution in [1.82, 2.24) is 4.90 Å². The van der Waals surface area contributed by atoms with Crippen molar-refractivity contribution in [2.24, 2.45) is 11.7 Å². The fourth-order valence-electron chi connectivity index (χ4n) is 2.60. The summed E-state index contributed by atoms with van der Waals surface area (Å²) >= 11 is 0. The van der Waals surface area contributed by atoms with Gasteiger partial charge in [0.05, 0.1) is 0 Å². The molecule has 5 heteroatoms. The van der Waals surface area contributed by atoms with Gasteiger partial charge < -0.3 is 10.5 Å². The highest BCUT2D eigenvalue weighted by Crippen LogP contribution is 2.37. The summed E-state index contributed by atoms with van der Waals surface area (Å²) in [6, 6.07) is 7.35. The summed E-state index contributed by atoms with van der Waals surface area (Å²) in [5.74, 6) is 0.938. The summed E-state index contributed by atoms with van der Waals surface area (Å²) in [5, 5.41) is 0. The SMILES string of the molecule is CC(C1CC1)N(C)C(CN)c1ccc(OC(F)F)cc1. The fraction of sp³-hybridized carbons (Fsp3) is 0.600. The van der Waals surface area contributed by atoms with Crippen molar-refractivity contribution >= 4 is 0 Å². The maximum Gasteiger partial charge on any atom is 0.387 e. The van der Waals surface area contributed by atoms with Crippen LogP contribution in [0.5, 0.6) is 5.75 Å². The highest BCUT2D eigenvalue weighted by molar-refractivity contribution is 5.29. The fourth-order valence-corrected chi connectivity index (χ4v) is 2.60. The van der Waals surface area contributed by atoms with Crippen LogP contribution in [0.1, 0.15) is 31.4 Å². The van der Waals surface area contributed by atoms with E-state index in [-0.39, 0.29) is 11.8 Å². The van der Waals surface area contributed by atoms with Crippen molar-refractivity contribution in [3.05, 3.63) is 29.8 Å². The molecule has 20 heavy (non-hydrogen) atoms. The number of halogens is 2. The molecule has 2 unspecified atom stereocenters. The zero-order chi connectivity index (χ0) is 14.7. The number of alkyl halides is 2. The Labute approximate surface area is 118 Å². The maximum absolute atomic E-state index is 12.1. The maximum atomic E-state index is 12.1. The van der Waals surface area contributed by atoms with E-state index in [4.69, 9.17) is 5.73 Å². The number of rotatable bonds is 7. The van der Waals surface area contributed by atoms with Crippen LogP contribution in [0.25, 0.3) is 0 Å². The Hall–Kier alpha value is -1.20. The van der Waals surface area contributed by atoms with E-state index < -0.39 is 6.61 Å². The third-order valence-corrected chi connectivity index (χ3v) is 4.15. The number of nitrogens with zero attached hydrogens (tertiary/aromatic N) is 1. The lowest BCUT2D eigenvalue weighted by molar-refractivity contribution is -0.0498. The summed E-state index contributed by atoms with van der Waals surface area (Å²) in [6.07, 6.45) is 2.56. The summed E-state index contributed by atoms with van der Waals surface area (Å²) in [5.41, 5.74) is 6.92. The Morgan fingerprint density at radius 2 is 1.90 bits per heavy atom. The van der Waals surface area contributed by atoms with Gasteiger partial charge in [-0.25, -0.2) is 0 Å². The van der Waals surface area contributed by atoms with E-state index in [1.165, 1.54) is 12.8 Å². The molecule has 0 saturated heterocycles. The number of ether oxygens (including phenoxy) is 1. The molecule has 1 aromatic rings. The first kappa shape index (κ1) is 15.2. The Balaban J connectivity index is 2.06. The second kappa shape index (κ2) is 6.50. The van der Waals surface area contributed by atoms with Gasteiger partial charge in [0.15, 0.2) is 0 Å². The Morgan fingerprint density at radius 3 is 2.35 bits per heavy atom. The minimum Gasteiger partial charge on any atom is -0.435 e. The third kappa shape index (κ3) is 3.67. The van der Waals surface area contributed by atoms with Crippen molar-refractivity contribution < 1.29 is 13.5 Å². The molecule has 0 aliphatic heterocycles. The number of benzene rings is 1. The molecule has 1 aliphatic carbocycles. The van der Waals surface area contributed by atoms with Gasteiger partial charge >= 0.3 is 6.61 Å². The van der Waals surface area contributed by atoms with Crippen molar-refractivity contribution in [2.75, 3.05) is 13.6 Å². The first-order chi connectivity index (χ1) is 9.52. The normalized spacial score (nSPS) is 18.4. The molecule has 0 amide bonds. The molecular formula is C15H22F2N2O. The first-order valence-electron chi connectivity index (χ1n) is 6.99. The summed E-state index contributed by atoms with van der Waals surface area (Å²) in [6.45, 7) is -0.0688. The molecular weight excluding hydrogens is 262 g/mol. The Bertz CT molecular complexity index is 420. The standard InChI is InChI=1S/C15H22F2N2O/c1-10(11-3-4-11)19(2)14(9-18)12-5-7-13(8-6-12)20-15(16)17/h5-8,10-11,14-15H,3-4,9,18H2,1-2H3. The lowest BCUT2D eigenvalue weighted by Crippen LogP contribution is -2.38. The zero-order valence-electron chi connectivity index (χ0n) is 11.9. The average molecular weight is 284 g/mol.